The van der Waals surface area contributed by atoms with Crippen molar-refractivity contribution in [3.8, 4) is 22.9 Å². The Morgan fingerprint density at radius 1 is 1.05 bits per heavy atom. The lowest BCUT2D eigenvalue weighted by atomic mass is 9.89. The number of aryl methyl sites for hydroxylation is 1. The Morgan fingerprint density at radius 2 is 1.77 bits per heavy atom. The number of carbonyl (C=O) groups is 1. The summed E-state index contributed by atoms with van der Waals surface area (Å²) in [5.41, 5.74) is 4.78. The second-order valence-corrected chi connectivity index (χ2v) is 11.3. The summed E-state index contributed by atoms with van der Waals surface area (Å²) >= 11 is 1.60. The van der Waals surface area contributed by atoms with Gasteiger partial charge in [-0.05, 0) is 99.0 Å². The maximum Gasteiger partial charge on any atom is 0.264 e. The monoisotopic (exact) mass is 537 g/mol. The molecule has 5 rings (SSSR count). The fraction of sp³-hybridized carbons (Fsp3) is 0.333. The molecule has 1 aliphatic rings. The molecule has 1 aromatic heterocycles. The Balaban J connectivity index is 1.53. The number of nitrogens with one attached hydrogen (secondary N) is 1. The lowest BCUT2D eigenvalue weighted by Crippen LogP contribution is -2.44. The average Bonchev–Trinajstić information content (AvgIpc) is 3.33. The molecule has 1 fully saturated rings. The minimum Gasteiger partial charge on any atom is -0.494 e. The van der Waals surface area contributed by atoms with Gasteiger partial charge in [-0.15, -0.1) is 11.3 Å². The summed E-state index contributed by atoms with van der Waals surface area (Å²) in [6.45, 7) is 5.10. The van der Waals surface area contributed by atoms with Crippen molar-refractivity contribution in [2.24, 2.45) is 0 Å². The molecule has 1 heterocycles. The Bertz CT molecular complexity index is 1490. The third-order valence-corrected chi connectivity index (χ3v) is 9.15. The molecule has 5 nitrogen and oxygen atoms in total. The van der Waals surface area contributed by atoms with Gasteiger partial charge in [0.1, 0.15) is 5.75 Å². The molecule has 0 spiro atoms. The second kappa shape index (κ2) is 12.0. The Kier molecular flexibility index (Phi) is 8.30. The molecule has 0 bridgehead atoms. The highest BCUT2D eigenvalue weighted by Crippen LogP contribution is 2.36. The first-order valence-electron chi connectivity index (χ1n) is 13.7. The molecule has 1 N–H and O–H groups in total. The highest BCUT2D eigenvalue weighted by Gasteiger charge is 2.31. The maximum atomic E-state index is 14.3. The molecule has 6 heteroatoms. The van der Waals surface area contributed by atoms with Crippen LogP contribution < -0.4 is 10.1 Å². The van der Waals surface area contributed by atoms with E-state index in [2.05, 4.69) is 47.5 Å². The van der Waals surface area contributed by atoms with E-state index in [1.807, 2.05) is 56.4 Å². The molecule has 39 heavy (non-hydrogen) atoms. The highest BCUT2D eigenvalue weighted by atomic mass is 32.1. The predicted octanol–water partition coefficient (Wildman–Crippen LogP) is 7.32. The zero-order valence-electron chi connectivity index (χ0n) is 22.9. The Hall–Kier alpha value is -3.66. The molecular formula is C33H35N3O2S. The zero-order valence-corrected chi connectivity index (χ0v) is 23.7. The van der Waals surface area contributed by atoms with Crippen LogP contribution in [0.15, 0.2) is 66.7 Å². The lowest BCUT2D eigenvalue weighted by Gasteiger charge is -2.37. The highest BCUT2D eigenvalue weighted by molar-refractivity contribution is 7.21. The van der Waals surface area contributed by atoms with E-state index in [0.29, 0.717) is 24.8 Å². The van der Waals surface area contributed by atoms with Gasteiger partial charge in [-0.25, -0.2) is 0 Å². The van der Waals surface area contributed by atoms with Gasteiger partial charge in [0, 0.05) is 28.9 Å². The molecule has 0 saturated heterocycles. The van der Waals surface area contributed by atoms with Crippen molar-refractivity contribution >= 4 is 27.3 Å². The molecule has 0 radical (unpaired) electrons. The summed E-state index contributed by atoms with van der Waals surface area (Å²) in [4.78, 5) is 17.3. The summed E-state index contributed by atoms with van der Waals surface area (Å²) < 4.78 is 7.20. The van der Waals surface area contributed by atoms with Gasteiger partial charge in [0.25, 0.3) is 5.91 Å². The fourth-order valence-electron chi connectivity index (χ4n) is 5.65. The summed E-state index contributed by atoms with van der Waals surface area (Å²) in [6.07, 6.45) is 4.06. The first-order chi connectivity index (χ1) is 19.0. The first kappa shape index (κ1) is 26.9. The van der Waals surface area contributed by atoms with Gasteiger partial charge < -0.3 is 15.0 Å². The molecule has 1 aliphatic carbocycles. The Labute approximate surface area is 235 Å². The van der Waals surface area contributed by atoms with E-state index in [-0.39, 0.29) is 11.9 Å². The quantitative estimate of drug-likeness (QED) is 0.256. The molecule has 0 atom stereocenters. The van der Waals surface area contributed by atoms with Crippen molar-refractivity contribution in [2.75, 3.05) is 13.7 Å². The van der Waals surface area contributed by atoms with Crippen LogP contribution in [0.25, 0.3) is 21.2 Å². The topological polar surface area (TPSA) is 65.4 Å². The normalized spacial score (nSPS) is 17.1. The molecule has 1 amide bonds. The second-order valence-electron chi connectivity index (χ2n) is 10.2. The van der Waals surface area contributed by atoms with Crippen molar-refractivity contribution in [3.05, 3.63) is 88.3 Å². The summed E-state index contributed by atoms with van der Waals surface area (Å²) in [5, 5.41) is 13.8. The largest absolute Gasteiger partial charge is 0.494 e. The molecule has 200 valence electrons. The van der Waals surface area contributed by atoms with Crippen LogP contribution in [0.3, 0.4) is 0 Å². The van der Waals surface area contributed by atoms with E-state index >= 15 is 0 Å². The van der Waals surface area contributed by atoms with E-state index in [1.165, 1.54) is 0 Å². The number of hydrogen-bond acceptors (Lipinski definition) is 5. The predicted molar refractivity (Wildman–Crippen MR) is 159 cm³/mol. The number of amides is 1. The molecule has 0 aliphatic heterocycles. The number of fused-ring (bicyclic) bond motifs is 1. The van der Waals surface area contributed by atoms with Crippen LogP contribution in [0, 0.1) is 18.3 Å². The van der Waals surface area contributed by atoms with Crippen LogP contribution in [0.1, 0.15) is 59.0 Å². The van der Waals surface area contributed by atoms with Crippen LogP contribution in [-0.2, 0) is 6.54 Å². The molecule has 4 aromatic rings. The smallest absolute Gasteiger partial charge is 0.264 e. The fourth-order valence-corrected chi connectivity index (χ4v) is 6.82. The molecular weight excluding hydrogens is 502 g/mol. The third-order valence-electron chi connectivity index (χ3n) is 7.89. The maximum absolute atomic E-state index is 14.3. The summed E-state index contributed by atoms with van der Waals surface area (Å²) in [7, 11) is 2.03. The van der Waals surface area contributed by atoms with Gasteiger partial charge in [0.05, 0.1) is 23.1 Å². The number of nitrogens with zero attached hydrogens (tertiary/aromatic N) is 2. The summed E-state index contributed by atoms with van der Waals surface area (Å²) in [6, 6.07) is 25.0. The number of ether oxygens (including phenoxy) is 1. The lowest BCUT2D eigenvalue weighted by molar-refractivity contribution is 0.0603. The standard InChI is InChI=1S/C33H35N3O2S/c1-4-38-30-18-13-25(24-11-9-23(20-34)10-12-24)19-26(30)21-36(28-16-14-27(35-3)15-17-28)33(37)32-22(2)29-7-5-6-8-31(29)39-32/h5-13,18-19,27-28,35H,4,14-17,21H2,1-3H3. The SMILES string of the molecule is CCOc1ccc(-c2ccc(C#N)cc2)cc1CN(C(=O)c1sc2ccccc2c1C)C1CCC(NC)CC1. The van der Waals surface area contributed by atoms with E-state index in [9.17, 15) is 10.1 Å². The van der Waals surface area contributed by atoms with Crippen LogP contribution in [-0.4, -0.2) is 36.5 Å². The van der Waals surface area contributed by atoms with Gasteiger partial charge >= 0.3 is 0 Å². The minimum absolute atomic E-state index is 0.104. The number of hydrogen-bond donors (Lipinski definition) is 1. The van der Waals surface area contributed by atoms with Crippen molar-refractivity contribution in [1.29, 1.82) is 5.26 Å². The van der Waals surface area contributed by atoms with Gasteiger partial charge in [-0.2, -0.15) is 5.26 Å². The number of thiophene rings is 1. The zero-order chi connectivity index (χ0) is 27.4. The van der Waals surface area contributed by atoms with E-state index in [0.717, 1.165) is 68.6 Å². The van der Waals surface area contributed by atoms with Crippen molar-refractivity contribution in [1.82, 2.24) is 10.2 Å². The molecule has 3 aromatic carbocycles. The minimum atomic E-state index is 0.104. The van der Waals surface area contributed by atoms with E-state index in [1.54, 1.807) is 11.3 Å². The van der Waals surface area contributed by atoms with Gasteiger partial charge in [0.15, 0.2) is 0 Å². The van der Waals surface area contributed by atoms with E-state index in [4.69, 9.17) is 4.74 Å². The molecule has 1 saturated carbocycles. The Morgan fingerprint density at radius 3 is 2.44 bits per heavy atom. The number of rotatable bonds is 8. The van der Waals surface area contributed by atoms with Crippen LogP contribution in [0.4, 0.5) is 0 Å². The van der Waals surface area contributed by atoms with Crippen LogP contribution in [0.2, 0.25) is 0 Å². The van der Waals surface area contributed by atoms with Crippen LogP contribution >= 0.6 is 11.3 Å². The number of benzene rings is 3. The first-order valence-corrected chi connectivity index (χ1v) is 14.6. The van der Waals surface area contributed by atoms with Crippen molar-refractivity contribution < 1.29 is 9.53 Å². The van der Waals surface area contributed by atoms with Crippen molar-refractivity contribution in [2.45, 2.75) is 58.2 Å². The summed E-state index contributed by atoms with van der Waals surface area (Å²) in [5.74, 6) is 0.914. The third kappa shape index (κ3) is 5.71. The van der Waals surface area contributed by atoms with Gasteiger partial charge in [-0.3, -0.25) is 4.79 Å². The average molecular weight is 538 g/mol. The van der Waals surface area contributed by atoms with Crippen molar-refractivity contribution in [3.63, 3.8) is 0 Å². The van der Waals surface area contributed by atoms with Gasteiger partial charge in [0.2, 0.25) is 0 Å². The number of nitriles is 1. The van der Waals surface area contributed by atoms with Crippen LogP contribution in [0.5, 0.6) is 5.75 Å². The molecule has 0 unspecified atom stereocenters. The van der Waals surface area contributed by atoms with Gasteiger partial charge in [-0.1, -0.05) is 36.4 Å². The van der Waals surface area contributed by atoms with E-state index < -0.39 is 0 Å². The number of carbonyl (C=O) groups excluding carboxylic acids is 1.